The number of halogens is 1. The van der Waals surface area contributed by atoms with E-state index in [2.05, 4.69) is 61.7 Å². The van der Waals surface area contributed by atoms with E-state index in [4.69, 9.17) is 4.74 Å². The predicted octanol–water partition coefficient (Wildman–Crippen LogP) is 4.59. The Morgan fingerprint density at radius 2 is 2.04 bits per heavy atom. The largest absolute Gasteiger partial charge is 0.494 e. The van der Waals surface area contributed by atoms with E-state index in [0.29, 0.717) is 6.61 Å². The molecule has 1 aromatic heterocycles. The van der Waals surface area contributed by atoms with Gasteiger partial charge in [-0.05, 0) is 48.7 Å². The molecule has 1 aliphatic heterocycles. The molecule has 1 aliphatic rings. The van der Waals surface area contributed by atoms with Crippen LogP contribution < -0.4 is 10.1 Å². The zero-order valence-electron chi connectivity index (χ0n) is 13.9. The molecule has 0 saturated carbocycles. The van der Waals surface area contributed by atoms with Crippen LogP contribution in [0.4, 0.5) is 5.95 Å². The van der Waals surface area contributed by atoms with Crippen molar-refractivity contribution in [2.75, 3.05) is 11.9 Å². The van der Waals surface area contributed by atoms with Crippen molar-refractivity contribution in [1.29, 1.82) is 0 Å². The fourth-order valence-electron chi connectivity index (χ4n) is 3.29. The molecule has 6 heteroatoms. The van der Waals surface area contributed by atoms with E-state index in [1.54, 1.807) is 6.33 Å². The molecule has 0 spiro atoms. The molecule has 128 valence electrons. The molecular formula is C19H19BrN4O. The molecule has 0 radical (unpaired) electrons. The summed E-state index contributed by atoms with van der Waals surface area (Å²) in [7, 11) is 0. The smallest absolute Gasteiger partial charge is 0.222 e. The number of ether oxygens (including phenoxy) is 1. The Bertz CT molecular complexity index is 862. The van der Waals surface area contributed by atoms with Gasteiger partial charge in [0.1, 0.15) is 12.1 Å². The summed E-state index contributed by atoms with van der Waals surface area (Å²) in [6, 6.07) is 17.0. The van der Waals surface area contributed by atoms with E-state index in [9.17, 15) is 0 Å². The number of anilines is 1. The first-order valence-corrected chi connectivity index (χ1v) is 9.18. The SMILES string of the molecule is CCOc1ccc(C2CC(c3cccc(Br)c3)n3ncnc3N2)cc1. The third kappa shape index (κ3) is 3.26. The zero-order chi connectivity index (χ0) is 17.2. The van der Waals surface area contributed by atoms with E-state index >= 15 is 0 Å². The first kappa shape index (κ1) is 16.1. The number of benzene rings is 2. The summed E-state index contributed by atoms with van der Waals surface area (Å²) >= 11 is 3.57. The van der Waals surface area contributed by atoms with E-state index in [1.807, 2.05) is 29.8 Å². The Kier molecular flexibility index (Phi) is 4.44. The monoisotopic (exact) mass is 398 g/mol. The van der Waals surface area contributed by atoms with Crippen molar-refractivity contribution in [1.82, 2.24) is 14.8 Å². The molecule has 2 aromatic carbocycles. The molecule has 5 nitrogen and oxygen atoms in total. The van der Waals surface area contributed by atoms with E-state index in [-0.39, 0.29) is 12.1 Å². The summed E-state index contributed by atoms with van der Waals surface area (Å²) in [5.41, 5.74) is 2.44. The summed E-state index contributed by atoms with van der Waals surface area (Å²) in [5, 5.41) is 7.91. The van der Waals surface area contributed by atoms with Crippen molar-refractivity contribution in [2.45, 2.75) is 25.4 Å². The molecule has 2 heterocycles. The lowest BCUT2D eigenvalue weighted by atomic mass is 9.93. The fraction of sp³-hybridized carbons (Fsp3) is 0.263. The molecule has 2 atom stereocenters. The van der Waals surface area contributed by atoms with E-state index in [0.717, 1.165) is 22.6 Å². The Labute approximate surface area is 155 Å². The van der Waals surface area contributed by atoms with Gasteiger partial charge in [0.05, 0.1) is 18.7 Å². The number of rotatable bonds is 4. The molecule has 1 N–H and O–H groups in total. The minimum Gasteiger partial charge on any atom is -0.494 e. The van der Waals surface area contributed by atoms with Crippen LogP contribution in [0.25, 0.3) is 0 Å². The van der Waals surface area contributed by atoms with Crippen molar-refractivity contribution >= 4 is 21.9 Å². The molecule has 0 bridgehead atoms. The minimum absolute atomic E-state index is 0.146. The third-order valence-electron chi connectivity index (χ3n) is 4.46. The van der Waals surface area contributed by atoms with Gasteiger partial charge >= 0.3 is 0 Å². The molecule has 2 unspecified atom stereocenters. The predicted molar refractivity (Wildman–Crippen MR) is 101 cm³/mol. The van der Waals surface area contributed by atoms with Crippen LogP contribution in [0, 0.1) is 0 Å². The molecular weight excluding hydrogens is 380 g/mol. The van der Waals surface area contributed by atoms with Crippen LogP contribution in [0.2, 0.25) is 0 Å². The highest BCUT2D eigenvalue weighted by Crippen LogP contribution is 2.38. The van der Waals surface area contributed by atoms with Gasteiger partial charge in [0, 0.05) is 4.47 Å². The summed E-state index contributed by atoms with van der Waals surface area (Å²) < 4.78 is 8.58. The average molecular weight is 399 g/mol. The Hall–Kier alpha value is -2.34. The average Bonchev–Trinajstić information content (AvgIpc) is 3.10. The number of nitrogens with zero attached hydrogens (tertiary/aromatic N) is 3. The zero-order valence-corrected chi connectivity index (χ0v) is 15.5. The Morgan fingerprint density at radius 1 is 1.20 bits per heavy atom. The second-order valence-corrected chi connectivity index (χ2v) is 6.95. The van der Waals surface area contributed by atoms with Gasteiger partial charge in [-0.3, -0.25) is 0 Å². The normalized spacial score (nSPS) is 19.1. The number of hydrogen-bond acceptors (Lipinski definition) is 4. The Balaban J connectivity index is 1.66. The topological polar surface area (TPSA) is 52.0 Å². The molecule has 0 fully saturated rings. The quantitative estimate of drug-likeness (QED) is 0.698. The second-order valence-electron chi connectivity index (χ2n) is 6.03. The number of hydrogen-bond donors (Lipinski definition) is 1. The van der Waals surface area contributed by atoms with Crippen molar-refractivity contribution in [3.8, 4) is 5.75 Å². The lowest BCUT2D eigenvalue weighted by Gasteiger charge is -2.32. The molecule has 0 amide bonds. The van der Waals surface area contributed by atoms with Gasteiger partial charge in [0.2, 0.25) is 5.95 Å². The number of nitrogens with one attached hydrogen (secondary N) is 1. The van der Waals surface area contributed by atoms with Gasteiger partial charge in [0.25, 0.3) is 0 Å². The lowest BCUT2D eigenvalue weighted by molar-refractivity contribution is 0.340. The van der Waals surface area contributed by atoms with Crippen LogP contribution in [0.5, 0.6) is 5.75 Å². The molecule has 25 heavy (non-hydrogen) atoms. The summed E-state index contributed by atoms with van der Waals surface area (Å²) in [6.07, 6.45) is 2.51. The van der Waals surface area contributed by atoms with E-state index in [1.165, 1.54) is 11.1 Å². The van der Waals surface area contributed by atoms with Gasteiger partial charge in [-0.25, -0.2) is 4.68 Å². The molecule has 4 rings (SSSR count). The standard InChI is InChI=1S/C19H19BrN4O/c1-2-25-16-8-6-13(7-9-16)17-11-18(14-4-3-5-15(20)10-14)24-19(23-17)21-12-22-24/h3-10,12,17-18H,2,11H2,1H3,(H,21,22,23). The first-order chi connectivity index (χ1) is 12.2. The Morgan fingerprint density at radius 3 is 2.80 bits per heavy atom. The highest BCUT2D eigenvalue weighted by Gasteiger charge is 2.29. The van der Waals surface area contributed by atoms with Crippen LogP contribution in [-0.2, 0) is 0 Å². The van der Waals surface area contributed by atoms with Crippen molar-refractivity contribution < 1.29 is 4.74 Å². The number of fused-ring (bicyclic) bond motifs is 1. The van der Waals surface area contributed by atoms with Crippen LogP contribution in [0.1, 0.15) is 36.6 Å². The summed E-state index contributed by atoms with van der Waals surface area (Å²) in [6.45, 7) is 2.67. The molecule has 3 aromatic rings. The highest BCUT2D eigenvalue weighted by molar-refractivity contribution is 9.10. The third-order valence-corrected chi connectivity index (χ3v) is 4.95. The molecule has 0 saturated heterocycles. The van der Waals surface area contributed by atoms with Crippen LogP contribution >= 0.6 is 15.9 Å². The summed E-state index contributed by atoms with van der Waals surface area (Å²) in [5.74, 6) is 1.70. The second kappa shape index (κ2) is 6.88. The van der Waals surface area contributed by atoms with Gasteiger partial charge < -0.3 is 10.1 Å². The van der Waals surface area contributed by atoms with Crippen molar-refractivity contribution in [3.05, 3.63) is 70.5 Å². The highest BCUT2D eigenvalue weighted by atomic mass is 79.9. The van der Waals surface area contributed by atoms with Crippen LogP contribution in [0.3, 0.4) is 0 Å². The minimum atomic E-state index is 0.146. The number of aromatic nitrogens is 3. The maximum absolute atomic E-state index is 5.54. The van der Waals surface area contributed by atoms with Gasteiger partial charge in [-0.15, -0.1) is 0 Å². The first-order valence-electron chi connectivity index (χ1n) is 8.39. The van der Waals surface area contributed by atoms with Gasteiger partial charge in [-0.1, -0.05) is 40.2 Å². The van der Waals surface area contributed by atoms with Crippen molar-refractivity contribution in [2.24, 2.45) is 0 Å². The maximum atomic E-state index is 5.54. The lowest BCUT2D eigenvalue weighted by Crippen LogP contribution is -2.28. The van der Waals surface area contributed by atoms with Gasteiger partial charge in [0.15, 0.2) is 0 Å². The maximum Gasteiger partial charge on any atom is 0.222 e. The van der Waals surface area contributed by atoms with Crippen molar-refractivity contribution in [3.63, 3.8) is 0 Å². The molecule has 0 aliphatic carbocycles. The fourth-order valence-corrected chi connectivity index (χ4v) is 3.71. The van der Waals surface area contributed by atoms with E-state index < -0.39 is 0 Å². The summed E-state index contributed by atoms with van der Waals surface area (Å²) in [4.78, 5) is 4.38. The van der Waals surface area contributed by atoms with Crippen LogP contribution in [0.15, 0.2) is 59.3 Å². The van der Waals surface area contributed by atoms with Crippen LogP contribution in [-0.4, -0.2) is 21.4 Å². The van der Waals surface area contributed by atoms with Gasteiger partial charge in [-0.2, -0.15) is 10.1 Å².